The first kappa shape index (κ1) is 5.27. The summed E-state index contributed by atoms with van der Waals surface area (Å²) in [6.07, 6.45) is 0. The van der Waals surface area contributed by atoms with Crippen LogP contribution in [0.15, 0.2) is 0 Å². The van der Waals surface area contributed by atoms with E-state index in [1.54, 1.807) is 0 Å². The highest BCUT2D eigenvalue weighted by molar-refractivity contribution is 8.35. The lowest BCUT2D eigenvalue weighted by Gasteiger charge is -2.03. The lowest BCUT2D eigenvalue weighted by molar-refractivity contribution is 2.16. The van der Waals surface area contributed by atoms with E-state index >= 15 is 0 Å². The van der Waals surface area contributed by atoms with Crippen LogP contribution >= 0.6 is 22.4 Å². The van der Waals surface area contributed by atoms with Gasteiger partial charge in [-0.3, -0.25) is 0 Å². The number of hydrogen-bond acceptors (Lipinski definition) is 2. The van der Waals surface area contributed by atoms with E-state index < -0.39 is 0 Å². The molecule has 0 aliphatic carbocycles. The maximum Gasteiger partial charge on any atom is 0.132 e. The predicted octanol–water partition coefficient (Wildman–Crippen LogP) is 0.620. The molecule has 0 saturated carbocycles. The molecule has 0 unspecified atom stereocenters. The summed E-state index contributed by atoms with van der Waals surface area (Å²) in [6, 6.07) is 0. The third-order valence-corrected chi connectivity index (χ3v) is 8.92. The smallest absolute Gasteiger partial charge is 0.132 e. The molecule has 0 aromatic carbocycles. The number of rotatable bonds is 0. The molecule has 6 heavy (non-hydrogen) atoms. The normalized spacial score (nSPS) is 24.0. The van der Waals surface area contributed by atoms with Crippen LogP contribution in [0.4, 0.5) is 0 Å². The molecule has 0 aromatic rings. The van der Waals surface area contributed by atoms with Gasteiger partial charge >= 0.3 is 0 Å². The second-order valence-corrected chi connectivity index (χ2v) is 7.79. The highest BCUT2D eigenvalue weighted by Gasteiger charge is 1.99. The van der Waals surface area contributed by atoms with Crippen LogP contribution in [0.3, 0.4) is 0 Å². The second kappa shape index (κ2) is 3.18. The summed E-state index contributed by atoms with van der Waals surface area (Å²) >= 11 is 4.23. The van der Waals surface area contributed by atoms with Crippen molar-refractivity contribution in [2.45, 2.75) is 0 Å². The van der Waals surface area contributed by atoms with Crippen LogP contribution in [-0.4, -0.2) is 28.1 Å². The molecule has 1 aliphatic heterocycles. The van der Waals surface area contributed by atoms with Gasteiger partial charge in [-0.25, -0.2) is 0 Å². The van der Waals surface area contributed by atoms with Crippen LogP contribution in [-0.2, 0) is 0 Å². The van der Waals surface area contributed by atoms with Crippen molar-refractivity contribution in [3.8, 4) is 0 Å². The summed E-state index contributed by atoms with van der Waals surface area (Å²) in [5.74, 6) is 0. The Morgan fingerprint density at radius 1 is 1.00 bits per heavy atom. The molecule has 0 N–H and O–H groups in total. The largest absolute Gasteiger partial charge is 0.191 e. The molecule has 0 amide bonds. The van der Waals surface area contributed by atoms with Gasteiger partial charge in [-0.2, -0.15) is 22.4 Å². The summed E-state index contributed by atoms with van der Waals surface area (Å²) in [5, 5.41) is 2.84. The van der Waals surface area contributed by atoms with Crippen molar-refractivity contribution < 1.29 is 0 Å². The van der Waals surface area contributed by atoms with Gasteiger partial charge in [0, 0.05) is 0 Å². The zero-order chi connectivity index (χ0) is 4.24. The molecule has 0 bridgehead atoms. The standard InChI is InChI=1S/C2H4S2Si2/c1-3-6-2-4-5-1/h1-2H2. The maximum atomic E-state index is 2.11. The first-order chi connectivity index (χ1) is 3.00. The van der Waals surface area contributed by atoms with Gasteiger partial charge < -0.3 is 0 Å². The van der Waals surface area contributed by atoms with Crippen molar-refractivity contribution in [2.75, 3.05) is 10.8 Å². The van der Waals surface area contributed by atoms with Crippen LogP contribution in [0.5, 0.6) is 0 Å². The average Bonchev–Trinajstić information content (AvgIpc) is 1.72. The highest BCUT2D eigenvalue weighted by Crippen LogP contribution is 2.10. The van der Waals surface area contributed by atoms with Gasteiger partial charge in [-0.15, -0.1) is 0 Å². The third-order valence-electron chi connectivity index (χ3n) is 0.466. The van der Waals surface area contributed by atoms with Crippen LogP contribution < -0.4 is 0 Å². The van der Waals surface area contributed by atoms with Crippen molar-refractivity contribution in [3.05, 3.63) is 0 Å². The zero-order valence-electron chi connectivity index (χ0n) is 3.23. The molecule has 0 atom stereocenters. The van der Waals surface area contributed by atoms with E-state index in [9.17, 15) is 0 Å². The van der Waals surface area contributed by atoms with E-state index in [2.05, 4.69) is 22.4 Å². The maximum absolute atomic E-state index is 2.11. The quantitative estimate of drug-likeness (QED) is 0.462. The van der Waals surface area contributed by atoms with E-state index in [-0.39, 0.29) is 0 Å². The van der Waals surface area contributed by atoms with Gasteiger partial charge in [0.15, 0.2) is 0 Å². The monoisotopic (exact) mass is 148 g/mol. The highest BCUT2D eigenvalue weighted by atomic mass is 32.4. The second-order valence-electron chi connectivity index (χ2n) is 0.866. The Bertz CT molecular complexity index is 25.0. The van der Waals surface area contributed by atoms with Gasteiger partial charge in [-0.05, 0) is 10.8 Å². The molecule has 1 aliphatic rings. The Balaban J connectivity index is 2.00. The predicted molar refractivity (Wildman–Crippen MR) is 36.4 cm³/mol. The molecule has 4 heteroatoms. The Kier molecular flexibility index (Phi) is 2.79. The van der Waals surface area contributed by atoms with Gasteiger partial charge in [0.25, 0.3) is 0 Å². The third kappa shape index (κ3) is 1.72. The summed E-state index contributed by atoms with van der Waals surface area (Å²) in [4.78, 5) is 0. The molecular weight excluding hydrogens is 144 g/mol. The molecule has 0 aromatic heterocycles. The molecule has 4 radical (unpaired) electrons. The molecule has 32 valence electrons. The Morgan fingerprint density at radius 2 is 1.50 bits per heavy atom. The average molecular weight is 148 g/mol. The van der Waals surface area contributed by atoms with E-state index in [0.29, 0.717) is 0 Å². The molecule has 1 rings (SSSR count). The van der Waals surface area contributed by atoms with Gasteiger partial charge in [0.05, 0.1) is 0 Å². The Hall–Kier alpha value is 1.13. The molecule has 0 nitrogen and oxygen atoms in total. The summed E-state index contributed by atoms with van der Waals surface area (Å²) in [6.45, 7) is 0. The van der Waals surface area contributed by atoms with Crippen LogP contribution in [0.25, 0.3) is 0 Å². The van der Waals surface area contributed by atoms with Crippen LogP contribution in [0.2, 0.25) is 0 Å². The summed E-state index contributed by atoms with van der Waals surface area (Å²) < 4.78 is 0. The summed E-state index contributed by atoms with van der Waals surface area (Å²) in [7, 11) is 2.38. The minimum atomic E-state index is 1.19. The van der Waals surface area contributed by atoms with Crippen LogP contribution in [0.1, 0.15) is 0 Å². The van der Waals surface area contributed by atoms with Crippen molar-refractivity contribution >= 4 is 39.8 Å². The van der Waals surface area contributed by atoms with Crippen molar-refractivity contribution in [1.82, 2.24) is 0 Å². The van der Waals surface area contributed by atoms with E-state index in [1.807, 2.05) is 0 Å². The first-order valence-corrected chi connectivity index (χ1v) is 7.53. The van der Waals surface area contributed by atoms with Gasteiger partial charge in [-0.1, -0.05) is 0 Å². The van der Waals surface area contributed by atoms with E-state index in [4.69, 9.17) is 0 Å². The lowest BCUT2D eigenvalue weighted by Crippen LogP contribution is -2.04. The lowest BCUT2D eigenvalue weighted by atomic mass is 11.9. The number of hydrogen-bond donors (Lipinski definition) is 0. The molecule has 1 fully saturated rings. The minimum absolute atomic E-state index is 1.19. The fourth-order valence-corrected chi connectivity index (χ4v) is 9.78. The fraction of sp³-hybridized carbons (Fsp3) is 1.00. The van der Waals surface area contributed by atoms with Crippen molar-refractivity contribution in [3.63, 3.8) is 0 Å². The molecule has 1 saturated heterocycles. The molecule has 1 heterocycles. The van der Waals surface area contributed by atoms with Crippen LogP contribution in [0, 0.1) is 0 Å². The Labute approximate surface area is 50.8 Å². The SMILES string of the molecule is C1[Si]SC[Si]S1. The van der Waals surface area contributed by atoms with E-state index in [1.165, 1.54) is 28.1 Å². The molecule has 0 spiro atoms. The fourth-order valence-electron chi connectivity index (χ4n) is 0.244. The summed E-state index contributed by atoms with van der Waals surface area (Å²) in [5.41, 5.74) is 0. The molecular formula is C2H4S2Si2. The van der Waals surface area contributed by atoms with Gasteiger partial charge in [0.1, 0.15) is 17.3 Å². The van der Waals surface area contributed by atoms with Crippen molar-refractivity contribution in [1.29, 1.82) is 0 Å². The zero-order valence-corrected chi connectivity index (χ0v) is 6.86. The topological polar surface area (TPSA) is 0 Å². The first-order valence-electron chi connectivity index (χ1n) is 1.69. The van der Waals surface area contributed by atoms with E-state index in [0.717, 1.165) is 0 Å². The van der Waals surface area contributed by atoms with Crippen molar-refractivity contribution in [2.24, 2.45) is 0 Å². The van der Waals surface area contributed by atoms with Gasteiger partial charge in [0.2, 0.25) is 0 Å². The Morgan fingerprint density at radius 3 is 1.67 bits per heavy atom. The minimum Gasteiger partial charge on any atom is -0.191 e.